The zero-order valence-electron chi connectivity index (χ0n) is 10.4. The molecule has 0 aliphatic carbocycles. The van der Waals surface area contributed by atoms with Crippen molar-refractivity contribution in [2.45, 2.75) is 0 Å². The van der Waals surface area contributed by atoms with Crippen molar-refractivity contribution in [1.82, 2.24) is 0 Å². The number of fused-ring (bicyclic) bond motifs is 1. The number of thiophene rings is 1. The van der Waals surface area contributed by atoms with E-state index < -0.39 is 5.97 Å². The summed E-state index contributed by atoms with van der Waals surface area (Å²) in [6.45, 7) is 0. The van der Waals surface area contributed by atoms with Crippen molar-refractivity contribution in [2.75, 3.05) is 0 Å². The van der Waals surface area contributed by atoms with E-state index in [1.807, 2.05) is 30.3 Å². The summed E-state index contributed by atoms with van der Waals surface area (Å²) < 4.78 is 6.34. The van der Waals surface area contributed by atoms with Gasteiger partial charge in [-0.15, -0.1) is 11.3 Å². The van der Waals surface area contributed by atoms with Gasteiger partial charge in [-0.25, -0.2) is 4.79 Å². The van der Waals surface area contributed by atoms with E-state index in [2.05, 4.69) is 0 Å². The molecule has 0 saturated carbocycles. The van der Waals surface area contributed by atoms with Crippen molar-refractivity contribution in [3.05, 3.63) is 65.0 Å². The molecule has 2 aromatic carbocycles. The molecule has 0 unspecified atom stereocenters. The molecule has 0 saturated heterocycles. The quantitative estimate of drug-likeness (QED) is 0.526. The largest absolute Gasteiger partial charge is 0.421 e. The molecule has 96 valence electrons. The Labute approximate surface area is 119 Å². The number of hydrogen-bond acceptors (Lipinski definition) is 4. The molecule has 3 aromatic rings. The monoisotopic (exact) mass is 279 g/mol. The van der Waals surface area contributed by atoms with Crippen molar-refractivity contribution in [1.29, 1.82) is 5.26 Å². The molecule has 0 bridgehead atoms. The fourth-order valence-electron chi connectivity index (χ4n) is 1.88. The molecule has 0 fully saturated rings. The fourth-order valence-corrected chi connectivity index (χ4v) is 2.82. The smallest absolute Gasteiger partial charge is 0.353 e. The Balaban J connectivity index is 1.91. The highest BCUT2D eigenvalue weighted by Crippen LogP contribution is 2.27. The van der Waals surface area contributed by atoms with Gasteiger partial charge in [-0.2, -0.15) is 5.26 Å². The van der Waals surface area contributed by atoms with Gasteiger partial charge in [0.05, 0.1) is 5.56 Å². The standard InChI is InChI=1S/C16H9NO2S/c17-10-12-6-1-3-7-13(12)19-16(18)15-9-11-5-2-4-8-14(11)20-15/h1-9H. The predicted molar refractivity (Wildman–Crippen MR) is 77.9 cm³/mol. The molecule has 0 spiro atoms. The summed E-state index contributed by atoms with van der Waals surface area (Å²) in [6.07, 6.45) is 0. The van der Waals surface area contributed by atoms with Crippen molar-refractivity contribution >= 4 is 27.4 Å². The number of carbonyl (C=O) groups excluding carboxylic acids is 1. The summed E-state index contributed by atoms with van der Waals surface area (Å²) in [6, 6.07) is 18.3. The lowest BCUT2D eigenvalue weighted by molar-refractivity contribution is 0.0739. The van der Waals surface area contributed by atoms with E-state index in [-0.39, 0.29) is 5.75 Å². The van der Waals surface area contributed by atoms with Gasteiger partial charge in [-0.1, -0.05) is 30.3 Å². The highest BCUT2D eigenvalue weighted by molar-refractivity contribution is 7.20. The summed E-state index contributed by atoms with van der Waals surface area (Å²) in [7, 11) is 0. The van der Waals surface area contributed by atoms with Crippen LogP contribution in [0.15, 0.2) is 54.6 Å². The Morgan fingerprint density at radius 3 is 2.65 bits per heavy atom. The fraction of sp³-hybridized carbons (Fsp3) is 0. The minimum absolute atomic E-state index is 0.289. The molecule has 0 aliphatic rings. The molecule has 4 heteroatoms. The van der Waals surface area contributed by atoms with E-state index in [0.717, 1.165) is 10.1 Å². The molecule has 0 amide bonds. The second kappa shape index (κ2) is 5.16. The average Bonchev–Trinajstić information content (AvgIpc) is 2.92. The van der Waals surface area contributed by atoms with Gasteiger partial charge >= 0.3 is 5.97 Å². The number of esters is 1. The van der Waals surface area contributed by atoms with Gasteiger partial charge in [0.15, 0.2) is 0 Å². The van der Waals surface area contributed by atoms with E-state index in [4.69, 9.17) is 10.00 Å². The maximum Gasteiger partial charge on any atom is 0.353 e. The van der Waals surface area contributed by atoms with Crippen LogP contribution in [0.25, 0.3) is 10.1 Å². The highest BCUT2D eigenvalue weighted by Gasteiger charge is 2.14. The molecule has 1 heterocycles. The van der Waals surface area contributed by atoms with E-state index in [9.17, 15) is 4.79 Å². The summed E-state index contributed by atoms with van der Waals surface area (Å²) in [5.41, 5.74) is 0.349. The Kier molecular flexibility index (Phi) is 3.20. The van der Waals surface area contributed by atoms with Gasteiger partial charge in [0, 0.05) is 4.70 Å². The normalized spacial score (nSPS) is 10.2. The Morgan fingerprint density at radius 2 is 1.85 bits per heavy atom. The number of ether oxygens (including phenoxy) is 1. The number of nitriles is 1. The number of rotatable bonds is 2. The second-order valence-electron chi connectivity index (χ2n) is 4.15. The Bertz CT molecular complexity index is 797. The maximum atomic E-state index is 12.1. The van der Waals surface area contributed by atoms with Gasteiger partial charge in [0.1, 0.15) is 16.7 Å². The van der Waals surface area contributed by atoms with Crippen LogP contribution < -0.4 is 4.74 Å². The number of carbonyl (C=O) groups is 1. The summed E-state index contributed by atoms with van der Waals surface area (Å²) in [5, 5.41) is 9.99. The van der Waals surface area contributed by atoms with E-state index in [0.29, 0.717) is 10.4 Å². The molecular formula is C16H9NO2S. The van der Waals surface area contributed by atoms with Crippen molar-refractivity contribution in [3.8, 4) is 11.8 Å². The predicted octanol–water partition coefficient (Wildman–Crippen LogP) is 3.99. The van der Waals surface area contributed by atoms with Crippen molar-refractivity contribution in [3.63, 3.8) is 0 Å². The number of benzene rings is 2. The first-order valence-corrected chi connectivity index (χ1v) is 6.79. The van der Waals surface area contributed by atoms with Crippen LogP contribution in [0.5, 0.6) is 5.75 Å². The van der Waals surface area contributed by atoms with Gasteiger partial charge < -0.3 is 4.74 Å². The molecule has 0 radical (unpaired) electrons. The third-order valence-corrected chi connectivity index (χ3v) is 3.93. The topological polar surface area (TPSA) is 50.1 Å². The zero-order valence-corrected chi connectivity index (χ0v) is 11.2. The van der Waals surface area contributed by atoms with Gasteiger partial charge in [0.2, 0.25) is 0 Å². The minimum Gasteiger partial charge on any atom is -0.421 e. The van der Waals surface area contributed by atoms with Crippen molar-refractivity contribution < 1.29 is 9.53 Å². The third-order valence-electron chi connectivity index (χ3n) is 2.84. The molecule has 3 rings (SSSR count). The number of nitrogens with zero attached hydrogens (tertiary/aromatic N) is 1. The van der Waals surface area contributed by atoms with E-state index >= 15 is 0 Å². The Morgan fingerprint density at radius 1 is 1.10 bits per heavy atom. The number of hydrogen-bond donors (Lipinski definition) is 0. The lowest BCUT2D eigenvalue weighted by atomic mass is 10.2. The SMILES string of the molecule is N#Cc1ccccc1OC(=O)c1cc2ccccc2s1. The third kappa shape index (κ3) is 2.27. The van der Waals surface area contributed by atoms with Crippen molar-refractivity contribution in [2.24, 2.45) is 0 Å². The first kappa shape index (κ1) is 12.4. The van der Waals surface area contributed by atoms with E-state index in [1.54, 1.807) is 30.3 Å². The molecule has 1 aromatic heterocycles. The van der Waals surface area contributed by atoms with Crippen LogP contribution >= 0.6 is 11.3 Å². The summed E-state index contributed by atoms with van der Waals surface area (Å²) >= 11 is 1.38. The van der Waals surface area contributed by atoms with Gasteiger partial charge in [-0.3, -0.25) is 0 Å². The lowest BCUT2D eigenvalue weighted by Gasteiger charge is -2.03. The second-order valence-corrected chi connectivity index (χ2v) is 5.23. The molecular weight excluding hydrogens is 270 g/mol. The summed E-state index contributed by atoms with van der Waals surface area (Å²) in [5.74, 6) is -0.147. The first-order chi connectivity index (χ1) is 9.78. The van der Waals surface area contributed by atoms with Gasteiger partial charge in [0.25, 0.3) is 0 Å². The van der Waals surface area contributed by atoms with Crippen LogP contribution in [0.1, 0.15) is 15.2 Å². The van der Waals surface area contributed by atoms with Crippen LogP contribution in [0, 0.1) is 11.3 Å². The molecule has 0 aliphatic heterocycles. The van der Waals surface area contributed by atoms with Crippen LogP contribution in [0.2, 0.25) is 0 Å². The first-order valence-electron chi connectivity index (χ1n) is 5.98. The van der Waals surface area contributed by atoms with Crippen LogP contribution in [-0.4, -0.2) is 5.97 Å². The highest BCUT2D eigenvalue weighted by atomic mass is 32.1. The minimum atomic E-state index is -0.436. The van der Waals surface area contributed by atoms with Crippen LogP contribution in [-0.2, 0) is 0 Å². The molecule has 3 nitrogen and oxygen atoms in total. The van der Waals surface area contributed by atoms with Gasteiger partial charge in [-0.05, 0) is 29.7 Å². The maximum absolute atomic E-state index is 12.1. The Hall–Kier alpha value is -2.64. The average molecular weight is 279 g/mol. The molecule has 0 N–H and O–H groups in total. The van der Waals surface area contributed by atoms with Crippen LogP contribution in [0.3, 0.4) is 0 Å². The zero-order chi connectivity index (χ0) is 13.9. The number of para-hydroxylation sites is 1. The molecule has 20 heavy (non-hydrogen) atoms. The van der Waals surface area contributed by atoms with Crippen LogP contribution in [0.4, 0.5) is 0 Å². The summed E-state index contributed by atoms with van der Waals surface area (Å²) in [4.78, 5) is 12.7. The van der Waals surface area contributed by atoms with E-state index in [1.165, 1.54) is 11.3 Å². The lowest BCUT2D eigenvalue weighted by Crippen LogP contribution is -2.07. The molecule has 0 atom stereocenters.